The number of para-hydroxylation sites is 1. The molecule has 1 amide bonds. The van der Waals surface area contributed by atoms with Crippen LogP contribution in [0.2, 0.25) is 0 Å². The van der Waals surface area contributed by atoms with Crippen LogP contribution in [0.5, 0.6) is 5.75 Å². The molecule has 1 heterocycles. The topological polar surface area (TPSA) is 66.8 Å². The molecule has 0 aliphatic carbocycles. The zero-order valence-electron chi connectivity index (χ0n) is 12.0. The van der Waals surface area contributed by atoms with E-state index in [1.165, 1.54) is 6.07 Å². The molecule has 0 spiro atoms. The second kappa shape index (κ2) is 5.15. The highest BCUT2D eigenvalue weighted by atomic mass is 16.5. The molecule has 0 saturated heterocycles. The zero-order valence-corrected chi connectivity index (χ0v) is 12.0. The third-order valence-electron chi connectivity index (χ3n) is 3.06. The van der Waals surface area contributed by atoms with E-state index in [1.54, 1.807) is 17.0 Å². The maximum atomic E-state index is 12.4. The molecule has 0 bridgehead atoms. The fraction of sp³-hybridized carbons (Fsp3) is 0.467. The van der Waals surface area contributed by atoms with E-state index in [2.05, 4.69) is 0 Å². The number of carbonyl (C=O) groups is 2. The molecule has 0 aromatic heterocycles. The first kappa shape index (κ1) is 14.4. The van der Waals surface area contributed by atoms with Crippen molar-refractivity contribution in [3.05, 3.63) is 23.8 Å². The van der Waals surface area contributed by atoms with Gasteiger partial charge in [-0.2, -0.15) is 0 Å². The molecule has 20 heavy (non-hydrogen) atoms. The lowest BCUT2D eigenvalue weighted by atomic mass is 9.91. The summed E-state index contributed by atoms with van der Waals surface area (Å²) in [4.78, 5) is 25.2. The Kier molecular flexibility index (Phi) is 3.70. The molecule has 5 heteroatoms. The predicted octanol–water partition coefficient (Wildman–Crippen LogP) is 2.55. The lowest BCUT2D eigenvalue weighted by molar-refractivity contribution is -0.120. The molecule has 1 N–H and O–H groups in total. The number of carbonyl (C=O) groups excluding carboxylic acids is 1. The molecule has 0 atom stereocenters. The first-order chi connectivity index (χ1) is 9.29. The molecule has 1 aromatic carbocycles. The number of amides is 1. The van der Waals surface area contributed by atoms with Crippen molar-refractivity contribution < 1.29 is 19.4 Å². The number of benzene rings is 1. The van der Waals surface area contributed by atoms with E-state index in [0.717, 1.165) is 0 Å². The van der Waals surface area contributed by atoms with Gasteiger partial charge in [0, 0.05) is 6.42 Å². The summed E-state index contributed by atoms with van der Waals surface area (Å²) in [5.74, 6) is -0.773. The normalized spacial score (nSPS) is 14.4. The summed E-state index contributed by atoms with van der Waals surface area (Å²) in [6, 6.07) is 4.84. The SMILES string of the molecule is CC(C)(C)CC(=O)N1CCOc2c(C(=O)O)cccc21. The van der Waals surface area contributed by atoms with E-state index >= 15 is 0 Å². The Labute approximate surface area is 118 Å². The smallest absolute Gasteiger partial charge is 0.339 e. The Morgan fingerprint density at radius 3 is 2.65 bits per heavy atom. The van der Waals surface area contributed by atoms with Crippen LogP contribution in [-0.4, -0.2) is 30.1 Å². The molecule has 1 aliphatic heterocycles. The predicted molar refractivity (Wildman–Crippen MR) is 75.3 cm³/mol. The van der Waals surface area contributed by atoms with Gasteiger partial charge in [-0.05, 0) is 17.5 Å². The number of hydrogen-bond acceptors (Lipinski definition) is 3. The van der Waals surface area contributed by atoms with E-state index in [0.29, 0.717) is 25.3 Å². The molecule has 108 valence electrons. The third kappa shape index (κ3) is 2.92. The molecule has 0 radical (unpaired) electrons. The summed E-state index contributed by atoms with van der Waals surface area (Å²) in [5, 5.41) is 9.17. The average Bonchev–Trinajstić information content (AvgIpc) is 2.35. The van der Waals surface area contributed by atoms with E-state index in [1.807, 2.05) is 20.8 Å². The Balaban J connectivity index is 2.36. The second-order valence-corrected chi connectivity index (χ2v) is 6.09. The van der Waals surface area contributed by atoms with Gasteiger partial charge in [-0.3, -0.25) is 4.79 Å². The van der Waals surface area contributed by atoms with Crippen molar-refractivity contribution in [2.45, 2.75) is 27.2 Å². The molecular formula is C15H19NO4. The largest absolute Gasteiger partial charge is 0.489 e. The Hall–Kier alpha value is -2.04. The number of rotatable bonds is 2. The number of hydrogen-bond donors (Lipinski definition) is 1. The lowest BCUT2D eigenvalue weighted by Crippen LogP contribution is -2.39. The number of nitrogens with zero attached hydrogens (tertiary/aromatic N) is 1. The molecule has 1 aliphatic rings. The Bertz CT molecular complexity index is 545. The third-order valence-corrected chi connectivity index (χ3v) is 3.06. The van der Waals surface area contributed by atoms with Crippen molar-refractivity contribution >= 4 is 17.6 Å². The van der Waals surface area contributed by atoms with Crippen LogP contribution in [0.3, 0.4) is 0 Å². The quantitative estimate of drug-likeness (QED) is 0.902. The number of ether oxygens (including phenoxy) is 1. The van der Waals surface area contributed by atoms with E-state index in [9.17, 15) is 9.59 Å². The van der Waals surface area contributed by atoms with Crippen LogP contribution in [0.4, 0.5) is 5.69 Å². The summed E-state index contributed by atoms with van der Waals surface area (Å²) in [6.45, 7) is 6.76. The first-order valence-electron chi connectivity index (χ1n) is 6.59. The molecular weight excluding hydrogens is 258 g/mol. The van der Waals surface area contributed by atoms with Crippen LogP contribution in [0.1, 0.15) is 37.6 Å². The Morgan fingerprint density at radius 1 is 1.35 bits per heavy atom. The van der Waals surface area contributed by atoms with E-state index < -0.39 is 5.97 Å². The van der Waals surface area contributed by atoms with Crippen molar-refractivity contribution in [3.63, 3.8) is 0 Å². The minimum atomic E-state index is -1.05. The summed E-state index contributed by atoms with van der Waals surface area (Å²) in [5.41, 5.74) is 0.529. The molecule has 5 nitrogen and oxygen atoms in total. The highest BCUT2D eigenvalue weighted by Crippen LogP contribution is 2.36. The van der Waals surface area contributed by atoms with E-state index in [4.69, 9.17) is 9.84 Å². The van der Waals surface area contributed by atoms with Crippen LogP contribution in [0.15, 0.2) is 18.2 Å². The van der Waals surface area contributed by atoms with Gasteiger partial charge in [0.05, 0.1) is 12.2 Å². The highest BCUT2D eigenvalue weighted by molar-refractivity contribution is 6.00. The first-order valence-corrected chi connectivity index (χ1v) is 6.59. The average molecular weight is 277 g/mol. The van der Waals surface area contributed by atoms with Crippen LogP contribution in [0.25, 0.3) is 0 Å². The van der Waals surface area contributed by atoms with Gasteiger partial charge in [-0.25, -0.2) is 4.79 Å². The van der Waals surface area contributed by atoms with Crippen molar-refractivity contribution in [1.82, 2.24) is 0 Å². The molecule has 0 unspecified atom stereocenters. The van der Waals surface area contributed by atoms with Gasteiger partial charge in [0.25, 0.3) is 0 Å². The van der Waals surface area contributed by atoms with Crippen molar-refractivity contribution in [2.24, 2.45) is 5.41 Å². The summed E-state index contributed by atoms with van der Waals surface area (Å²) in [6.07, 6.45) is 0.406. The molecule has 1 aromatic rings. The highest BCUT2D eigenvalue weighted by Gasteiger charge is 2.29. The maximum Gasteiger partial charge on any atom is 0.339 e. The van der Waals surface area contributed by atoms with Crippen LogP contribution >= 0.6 is 0 Å². The summed E-state index contributed by atoms with van der Waals surface area (Å²) in [7, 11) is 0. The fourth-order valence-corrected chi connectivity index (χ4v) is 2.23. The van der Waals surface area contributed by atoms with Crippen LogP contribution < -0.4 is 9.64 Å². The number of carboxylic acid groups (broad SMARTS) is 1. The monoisotopic (exact) mass is 277 g/mol. The lowest BCUT2D eigenvalue weighted by Gasteiger charge is -2.32. The number of fused-ring (bicyclic) bond motifs is 1. The standard InChI is InChI=1S/C15H19NO4/c1-15(2,3)9-12(17)16-7-8-20-13-10(14(18)19)5-4-6-11(13)16/h4-6H,7-9H2,1-3H3,(H,18,19). The van der Waals surface area contributed by atoms with Gasteiger partial charge < -0.3 is 14.7 Å². The van der Waals surface area contributed by atoms with E-state index in [-0.39, 0.29) is 22.6 Å². The maximum absolute atomic E-state index is 12.4. The minimum Gasteiger partial charge on any atom is -0.489 e. The summed E-state index contributed by atoms with van der Waals surface area (Å²) < 4.78 is 5.45. The molecule has 2 rings (SSSR count). The van der Waals surface area contributed by atoms with Crippen LogP contribution in [0, 0.1) is 5.41 Å². The zero-order chi connectivity index (χ0) is 14.9. The minimum absolute atomic E-state index is 0.00964. The molecule has 0 saturated carbocycles. The Morgan fingerprint density at radius 2 is 2.05 bits per heavy atom. The van der Waals surface area contributed by atoms with Gasteiger partial charge in [0.1, 0.15) is 12.2 Å². The van der Waals surface area contributed by atoms with Gasteiger partial charge in [-0.1, -0.05) is 26.8 Å². The second-order valence-electron chi connectivity index (χ2n) is 6.09. The summed E-state index contributed by atoms with van der Waals surface area (Å²) >= 11 is 0. The van der Waals surface area contributed by atoms with Gasteiger partial charge in [0.2, 0.25) is 5.91 Å². The van der Waals surface area contributed by atoms with Crippen molar-refractivity contribution in [2.75, 3.05) is 18.1 Å². The number of aromatic carboxylic acids is 1. The van der Waals surface area contributed by atoms with Gasteiger partial charge in [-0.15, -0.1) is 0 Å². The number of anilines is 1. The van der Waals surface area contributed by atoms with Crippen molar-refractivity contribution in [1.29, 1.82) is 0 Å². The number of carboxylic acids is 1. The van der Waals surface area contributed by atoms with Crippen LogP contribution in [-0.2, 0) is 4.79 Å². The van der Waals surface area contributed by atoms with Crippen molar-refractivity contribution in [3.8, 4) is 5.75 Å². The van der Waals surface area contributed by atoms with Gasteiger partial charge >= 0.3 is 5.97 Å². The fourth-order valence-electron chi connectivity index (χ4n) is 2.23. The molecule has 0 fully saturated rings. The van der Waals surface area contributed by atoms with Gasteiger partial charge in [0.15, 0.2) is 5.75 Å².